The molecule has 54 heavy (non-hydrogen) atoms. The third kappa shape index (κ3) is 4.68. The van der Waals surface area contributed by atoms with E-state index < -0.39 is 0 Å². The van der Waals surface area contributed by atoms with Gasteiger partial charge in [-0.05, 0) is 63.2 Å². The summed E-state index contributed by atoms with van der Waals surface area (Å²) in [5, 5.41) is 4.41. The molecule has 1 aliphatic carbocycles. The highest BCUT2D eigenvalue weighted by Gasteiger charge is 2.35. The molecule has 3 heterocycles. The van der Waals surface area contributed by atoms with Crippen molar-refractivity contribution in [2.75, 3.05) is 0 Å². The molecule has 11 rings (SSSR count). The van der Waals surface area contributed by atoms with Crippen molar-refractivity contribution < 1.29 is 4.42 Å². The summed E-state index contributed by atoms with van der Waals surface area (Å²) < 4.78 is 6.32. The van der Waals surface area contributed by atoms with E-state index in [4.69, 9.17) is 14.4 Å². The van der Waals surface area contributed by atoms with Crippen molar-refractivity contribution in [3.63, 3.8) is 0 Å². The fourth-order valence-corrected chi connectivity index (χ4v) is 8.60. The molecule has 10 aromatic rings. The molecule has 0 fully saturated rings. The molecular weight excluding hydrogens is 657 g/mol. The van der Waals surface area contributed by atoms with Crippen LogP contribution < -0.4 is 0 Å². The first-order chi connectivity index (χ1) is 26.5. The van der Waals surface area contributed by atoms with Gasteiger partial charge in [-0.1, -0.05) is 159 Å². The Labute approximate surface area is 313 Å². The Bertz CT molecular complexity index is 3110. The molecule has 0 N–H and O–H groups in total. The van der Waals surface area contributed by atoms with Crippen LogP contribution >= 0.6 is 0 Å². The van der Waals surface area contributed by atoms with Crippen molar-refractivity contribution in [1.29, 1.82) is 0 Å². The summed E-state index contributed by atoms with van der Waals surface area (Å²) in [6, 6.07) is 60.5. The molecule has 3 aromatic heterocycles. The molecular formula is C51H34N2O. The van der Waals surface area contributed by atoms with Gasteiger partial charge in [0.1, 0.15) is 11.2 Å². The van der Waals surface area contributed by atoms with Crippen molar-refractivity contribution >= 4 is 43.7 Å². The van der Waals surface area contributed by atoms with Gasteiger partial charge in [-0.25, -0.2) is 9.97 Å². The van der Waals surface area contributed by atoms with Gasteiger partial charge in [0.2, 0.25) is 0 Å². The summed E-state index contributed by atoms with van der Waals surface area (Å²) in [6.45, 7) is 4.66. The summed E-state index contributed by atoms with van der Waals surface area (Å²) in [6.07, 6.45) is 0. The molecule has 1 aliphatic rings. The number of furan rings is 1. The van der Waals surface area contributed by atoms with Crippen LogP contribution in [0.1, 0.15) is 25.0 Å². The maximum Gasteiger partial charge on any atom is 0.143 e. The number of rotatable bonds is 4. The predicted octanol–water partition coefficient (Wildman–Crippen LogP) is 13.7. The summed E-state index contributed by atoms with van der Waals surface area (Å²) in [4.78, 5) is 10.4. The highest BCUT2D eigenvalue weighted by molar-refractivity contribution is 6.09. The maximum atomic E-state index is 6.32. The molecule has 0 radical (unpaired) electrons. The van der Waals surface area contributed by atoms with Crippen LogP contribution in [-0.4, -0.2) is 9.97 Å². The monoisotopic (exact) mass is 690 g/mol. The van der Waals surface area contributed by atoms with E-state index in [0.29, 0.717) is 0 Å². The van der Waals surface area contributed by atoms with Gasteiger partial charge in [-0.15, -0.1) is 0 Å². The van der Waals surface area contributed by atoms with Crippen LogP contribution in [0.15, 0.2) is 174 Å². The maximum absolute atomic E-state index is 6.32. The lowest BCUT2D eigenvalue weighted by Gasteiger charge is -2.22. The molecule has 0 saturated heterocycles. The minimum Gasteiger partial charge on any atom is -0.455 e. The largest absolute Gasteiger partial charge is 0.455 e. The van der Waals surface area contributed by atoms with Crippen LogP contribution in [0.5, 0.6) is 0 Å². The van der Waals surface area contributed by atoms with Gasteiger partial charge < -0.3 is 4.42 Å². The number of fused-ring (bicyclic) bond motifs is 9. The Morgan fingerprint density at radius 1 is 0.407 bits per heavy atom. The first-order valence-corrected chi connectivity index (χ1v) is 18.6. The summed E-state index contributed by atoms with van der Waals surface area (Å²) >= 11 is 0. The number of benzene rings is 7. The van der Waals surface area contributed by atoms with Crippen molar-refractivity contribution in [2.24, 2.45) is 0 Å². The Morgan fingerprint density at radius 3 is 1.67 bits per heavy atom. The minimum absolute atomic E-state index is 0.0254. The quantitative estimate of drug-likeness (QED) is 0.173. The molecule has 0 aliphatic heterocycles. The molecule has 0 unspecified atom stereocenters. The summed E-state index contributed by atoms with van der Waals surface area (Å²) in [5.41, 5.74) is 17.7. The lowest BCUT2D eigenvalue weighted by Crippen LogP contribution is -2.14. The molecule has 3 nitrogen and oxygen atoms in total. The van der Waals surface area contributed by atoms with E-state index in [9.17, 15) is 0 Å². The van der Waals surface area contributed by atoms with E-state index >= 15 is 0 Å². The lowest BCUT2D eigenvalue weighted by molar-refractivity contribution is 0.660. The van der Waals surface area contributed by atoms with Crippen LogP contribution in [0.2, 0.25) is 0 Å². The topological polar surface area (TPSA) is 38.9 Å². The van der Waals surface area contributed by atoms with E-state index in [1.54, 1.807) is 0 Å². The number of nitrogens with zero attached hydrogens (tertiary/aromatic N) is 2. The Hall–Kier alpha value is -6.84. The van der Waals surface area contributed by atoms with Crippen LogP contribution in [0.4, 0.5) is 0 Å². The zero-order valence-electron chi connectivity index (χ0n) is 30.0. The third-order valence-corrected chi connectivity index (χ3v) is 11.5. The first kappa shape index (κ1) is 30.8. The van der Waals surface area contributed by atoms with Gasteiger partial charge in [-0.2, -0.15) is 0 Å². The SMILES string of the molecule is CC1(C)c2ccccc2-c2ccc(-c3ccc(-c4ccc5ccc6ccc(-c7ccc(-c8cccc9c8oc8ccccc89)cc7)nc6c5n4)cc3)cc21. The number of hydrogen-bond donors (Lipinski definition) is 0. The molecule has 0 atom stereocenters. The molecule has 0 bridgehead atoms. The van der Waals surface area contributed by atoms with E-state index in [2.05, 4.69) is 172 Å². The van der Waals surface area contributed by atoms with Gasteiger partial charge in [0.25, 0.3) is 0 Å². The van der Waals surface area contributed by atoms with E-state index in [1.807, 2.05) is 12.1 Å². The van der Waals surface area contributed by atoms with Crippen molar-refractivity contribution in [2.45, 2.75) is 19.3 Å². The minimum atomic E-state index is -0.0254. The van der Waals surface area contributed by atoms with Crippen molar-refractivity contribution in [3.8, 4) is 55.9 Å². The fraction of sp³-hybridized carbons (Fsp3) is 0.0588. The van der Waals surface area contributed by atoms with Gasteiger partial charge in [0, 0.05) is 43.7 Å². The smallest absolute Gasteiger partial charge is 0.143 e. The fourth-order valence-electron chi connectivity index (χ4n) is 8.60. The van der Waals surface area contributed by atoms with Crippen molar-refractivity contribution in [3.05, 3.63) is 181 Å². The molecule has 0 amide bonds. The molecule has 3 heteroatoms. The van der Waals surface area contributed by atoms with E-state index in [1.165, 1.54) is 33.4 Å². The third-order valence-electron chi connectivity index (χ3n) is 11.5. The van der Waals surface area contributed by atoms with E-state index in [-0.39, 0.29) is 5.41 Å². The lowest BCUT2D eigenvalue weighted by atomic mass is 9.81. The molecule has 7 aromatic carbocycles. The van der Waals surface area contributed by atoms with Crippen LogP contribution in [0.3, 0.4) is 0 Å². The number of para-hydroxylation sites is 2. The van der Waals surface area contributed by atoms with Gasteiger partial charge in [0.15, 0.2) is 0 Å². The zero-order valence-corrected chi connectivity index (χ0v) is 30.0. The molecule has 0 saturated carbocycles. The molecule has 0 spiro atoms. The second-order valence-electron chi connectivity index (χ2n) is 15.0. The van der Waals surface area contributed by atoms with Gasteiger partial charge in [-0.3, -0.25) is 0 Å². The summed E-state index contributed by atoms with van der Waals surface area (Å²) in [5.74, 6) is 0. The number of hydrogen-bond acceptors (Lipinski definition) is 3. The van der Waals surface area contributed by atoms with Gasteiger partial charge in [0.05, 0.1) is 22.4 Å². The Kier molecular flexibility index (Phi) is 6.60. The average molecular weight is 691 g/mol. The number of pyridine rings is 2. The second-order valence-corrected chi connectivity index (χ2v) is 15.0. The average Bonchev–Trinajstić information content (AvgIpc) is 3.72. The van der Waals surface area contributed by atoms with Crippen LogP contribution in [0, 0.1) is 0 Å². The zero-order chi connectivity index (χ0) is 36.0. The Morgan fingerprint density at radius 2 is 0.944 bits per heavy atom. The number of aromatic nitrogens is 2. The first-order valence-electron chi connectivity index (χ1n) is 18.6. The standard InChI is InChI=1S/C51H34N2O/c1-51(2)43-12-5-3-8-39(43)40-27-24-37(30-44(40)51)31-14-18-33(19-15-31)45-28-25-35-22-23-36-26-29-46(53-49(36)48(35)52-45)34-20-16-32(17-21-34)38-10-7-11-42-41-9-4-6-13-47(41)54-50(38)42/h3-30H,1-2H3. The van der Waals surface area contributed by atoms with E-state index in [0.717, 1.165) is 77.4 Å². The van der Waals surface area contributed by atoms with Crippen LogP contribution in [0.25, 0.3) is 99.6 Å². The predicted molar refractivity (Wildman–Crippen MR) is 224 cm³/mol. The van der Waals surface area contributed by atoms with Gasteiger partial charge >= 0.3 is 0 Å². The normalized spacial score (nSPS) is 13.1. The second kappa shape index (κ2) is 11.6. The molecule has 254 valence electrons. The Balaban J connectivity index is 0.919. The van der Waals surface area contributed by atoms with Crippen LogP contribution in [-0.2, 0) is 5.41 Å². The highest BCUT2D eigenvalue weighted by atomic mass is 16.3. The highest BCUT2D eigenvalue weighted by Crippen LogP contribution is 2.49. The summed E-state index contributed by atoms with van der Waals surface area (Å²) in [7, 11) is 0. The van der Waals surface area contributed by atoms with Crippen molar-refractivity contribution in [1.82, 2.24) is 9.97 Å².